The molecule has 0 N–H and O–H groups in total. The number of methoxy groups -OCH3 is 2. The Morgan fingerprint density at radius 1 is 1.00 bits per heavy atom. The third-order valence-corrected chi connectivity index (χ3v) is 9.68. The Hall–Kier alpha value is 0.274. The first kappa shape index (κ1) is 21.3. The van der Waals surface area contributed by atoms with E-state index in [1.54, 1.807) is 14.2 Å². The molecular weight excluding hydrogens is 300 g/mol. The number of hydrogen-bond acceptors (Lipinski definition) is 4. The van der Waals surface area contributed by atoms with Gasteiger partial charge in [-0.25, -0.2) is 0 Å². The van der Waals surface area contributed by atoms with Crippen LogP contribution in [0, 0.1) is 5.41 Å². The van der Waals surface area contributed by atoms with E-state index in [0.717, 1.165) is 19.4 Å². The van der Waals surface area contributed by atoms with Gasteiger partial charge in [0, 0.05) is 26.2 Å². The first-order valence-corrected chi connectivity index (χ1v) is 13.9. The van der Waals surface area contributed by atoms with Gasteiger partial charge >= 0.3 is 0 Å². The summed E-state index contributed by atoms with van der Waals surface area (Å²) in [5.41, 5.74) is -0.0161. The monoisotopic (exact) mass is 336 g/mol. The lowest BCUT2D eigenvalue weighted by atomic mass is 9.88. The van der Waals surface area contributed by atoms with Crippen LogP contribution in [0.15, 0.2) is 0 Å². The van der Waals surface area contributed by atoms with Gasteiger partial charge < -0.3 is 18.3 Å². The average molecular weight is 337 g/mol. The van der Waals surface area contributed by atoms with Crippen LogP contribution in [0.3, 0.4) is 0 Å². The summed E-state index contributed by atoms with van der Waals surface area (Å²) in [4.78, 5) is 0. The number of ether oxygens (including phenoxy) is 3. The standard InChI is InChI=1S/C15H36O4Si2/c1-8-15(12-16-2,13-17-3)14-18-10-9-11-21(6,7)19-20(4)5/h20H,8-14H2,1-7H3. The lowest BCUT2D eigenvalue weighted by molar-refractivity contribution is -0.0521. The van der Waals surface area contributed by atoms with Gasteiger partial charge in [-0.1, -0.05) is 6.92 Å². The highest BCUT2D eigenvalue weighted by atomic mass is 28.4. The molecule has 128 valence electrons. The minimum absolute atomic E-state index is 0.0161. The Bertz CT molecular complexity index is 254. The first-order valence-electron chi connectivity index (χ1n) is 8.04. The molecular formula is C15H36O4Si2. The lowest BCUT2D eigenvalue weighted by Gasteiger charge is -2.31. The molecule has 0 radical (unpaired) electrons. The van der Waals surface area contributed by atoms with Crippen molar-refractivity contribution in [1.82, 2.24) is 0 Å². The van der Waals surface area contributed by atoms with Crippen molar-refractivity contribution in [3.63, 3.8) is 0 Å². The summed E-state index contributed by atoms with van der Waals surface area (Å²) in [7, 11) is 1.09. The Morgan fingerprint density at radius 3 is 2.00 bits per heavy atom. The summed E-state index contributed by atoms with van der Waals surface area (Å²) >= 11 is 0. The molecule has 0 saturated carbocycles. The van der Waals surface area contributed by atoms with Crippen LogP contribution in [0.2, 0.25) is 32.2 Å². The van der Waals surface area contributed by atoms with Crippen LogP contribution in [-0.2, 0) is 18.3 Å². The Morgan fingerprint density at radius 2 is 1.57 bits per heavy atom. The second kappa shape index (κ2) is 10.9. The van der Waals surface area contributed by atoms with Gasteiger partial charge in [0.2, 0.25) is 0 Å². The fourth-order valence-electron chi connectivity index (χ4n) is 2.63. The molecule has 0 rings (SSSR count). The van der Waals surface area contributed by atoms with Crippen molar-refractivity contribution < 1.29 is 18.3 Å². The summed E-state index contributed by atoms with van der Waals surface area (Å²) in [5, 5.41) is 0. The molecule has 0 amide bonds. The second-order valence-electron chi connectivity index (χ2n) is 6.80. The highest BCUT2D eigenvalue weighted by molar-refractivity contribution is 6.77. The van der Waals surface area contributed by atoms with Crippen molar-refractivity contribution in [2.24, 2.45) is 5.41 Å². The van der Waals surface area contributed by atoms with Gasteiger partial charge in [-0.05, 0) is 45.1 Å². The molecule has 0 saturated heterocycles. The predicted molar refractivity (Wildman–Crippen MR) is 94.2 cm³/mol. The molecule has 0 aromatic rings. The second-order valence-corrected chi connectivity index (χ2v) is 13.9. The van der Waals surface area contributed by atoms with E-state index in [1.807, 2.05) is 0 Å². The van der Waals surface area contributed by atoms with E-state index in [-0.39, 0.29) is 5.41 Å². The molecule has 0 heterocycles. The van der Waals surface area contributed by atoms with Crippen molar-refractivity contribution in [2.45, 2.75) is 52.0 Å². The minimum Gasteiger partial charge on any atom is -0.458 e. The zero-order chi connectivity index (χ0) is 16.4. The zero-order valence-corrected chi connectivity index (χ0v) is 17.3. The summed E-state index contributed by atoms with van der Waals surface area (Å²) in [6.45, 7) is 14.1. The summed E-state index contributed by atoms with van der Waals surface area (Å²) in [6.07, 6.45) is 2.08. The van der Waals surface area contributed by atoms with Crippen molar-refractivity contribution in [2.75, 3.05) is 40.6 Å². The van der Waals surface area contributed by atoms with Crippen LogP contribution in [0.1, 0.15) is 19.8 Å². The third-order valence-electron chi connectivity index (χ3n) is 3.68. The van der Waals surface area contributed by atoms with Crippen LogP contribution >= 0.6 is 0 Å². The Balaban J connectivity index is 4.05. The first-order chi connectivity index (χ1) is 9.81. The average Bonchev–Trinajstić information content (AvgIpc) is 2.37. The number of rotatable bonds is 13. The fraction of sp³-hybridized carbons (Fsp3) is 1.00. The topological polar surface area (TPSA) is 36.9 Å². The minimum atomic E-state index is -1.47. The molecule has 0 bridgehead atoms. The van der Waals surface area contributed by atoms with Crippen LogP contribution < -0.4 is 0 Å². The van der Waals surface area contributed by atoms with Gasteiger partial charge in [0.15, 0.2) is 17.4 Å². The maximum Gasteiger partial charge on any atom is 0.173 e. The van der Waals surface area contributed by atoms with E-state index in [9.17, 15) is 0 Å². The van der Waals surface area contributed by atoms with E-state index in [0.29, 0.717) is 19.8 Å². The predicted octanol–water partition coefficient (Wildman–Crippen LogP) is 3.29. The maximum atomic E-state index is 6.17. The van der Waals surface area contributed by atoms with E-state index < -0.39 is 17.4 Å². The largest absolute Gasteiger partial charge is 0.458 e. The van der Waals surface area contributed by atoms with Gasteiger partial charge in [0.05, 0.1) is 19.8 Å². The molecule has 0 atom stereocenters. The molecule has 4 nitrogen and oxygen atoms in total. The smallest absolute Gasteiger partial charge is 0.173 e. The van der Waals surface area contributed by atoms with Crippen molar-refractivity contribution in [1.29, 1.82) is 0 Å². The van der Waals surface area contributed by atoms with Crippen molar-refractivity contribution in [3.05, 3.63) is 0 Å². The summed E-state index contributed by atoms with van der Waals surface area (Å²) in [6, 6.07) is 1.17. The summed E-state index contributed by atoms with van der Waals surface area (Å²) < 4.78 is 22.8. The van der Waals surface area contributed by atoms with Crippen molar-refractivity contribution in [3.8, 4) is 0 Å². The fourth-order valence-corrected chi connectivity index (χ4v) is 9.20. The molecule has 0 aromatic carbocycles. The quantitative estimate of drug-likeness (QED) is 0.382. The molecule has 0 aliphatic rings. The molecule has 6 heteroatoms. The maximum absolute atomic E-state index is 6.17. The molecule has 0 aromatic heterocycles. The van der Waals surface area contributed by atoms with Gasteiger partial charge in [-0.3, -0.25) is 0 Å². The van der Waals surface area contributed by atoms with Crippen LogP contribution in [0.5, 0.6) is 0 Å². The molecule has 0 fully saturated rings. The van der Waals surface area contributed by atoms with Gasteiger partial charge in [0.25, 0.3) is 0 Å². The van der Waals surface area contributed by atoms with Crippen LogP contribution in [-0.4, -0.2) is 58.0 Å². The Kier molecular flexibility index (Phi) is 11.1. The van der Waals surface area contributed by atoms with E-state index in [4.69, 9.17) is 18.3 Å². The highest BCUT2D eigenvalue weighted by Crippen LogP contribution is 2.24. The number of hydrogen-bond donors (Lipinski definition) is 0. The molecule has 0 unspecified atom stereocenters. The highest BCUT2D eigenvalue weighted by Gasteiger charge is 2.29. The van der Waals surface area contributed by atoms with E-state index in [1.165, 1.54) is 6.04 Å². The molecule has 0 aliphatic carbocycles. The third kappa shape index (κ3) is 9.81. The Labute approximate surface area is 134 Å². The zero-order valence-electron chi connectivity index (χ0n) is 15.2. The summed E-state index contributed by atoms with van der Waals surface area (Å²) in [5.74, 6) is 0. The van der Waals surface area contributed by atoms with E-state index >= 15 is 0 Å². The molecule has 0 spiro atoms. The normalized spacial score (nSPS) is 13.1. The van der Waals surface area contributed by atoms with Crippen molar-refractivity contribution >= 4 is 17.4 Å². The van der Waals surface area contributed by atoms with Gasteiger partial charge in [0.1, 0.15) is 0 Å². The SMILES string of the molecule is CCC(COC)(COC)COCCC[Si](C)(C)O[SiH](C)C. The molecule has 0 aliphatic heterocycles. The van der Waals surface area contributed by atoms with Gasteiger partial charge in [-0.15, -0.1) is 0 Å². The van der Waals surface area contributed by atoms with Gasteiger partial charge in [-0.2, -0.15) is 0 Å². The van der Waals surface area contributed by atoms with Crippen LogP contribution in [0.4, 0.5) is 0 Å². The van der Waals surface area contributed by atoms with E-state index in [2.05, 4.69) is 33.1 Å². The van der Waals surface area contributed by atoms with Crippen LogP contribution in [0.25, 0.3) is 0 Å². The lowest BCUT2D eigenvalue weighted by Crippen LogP contribution is -2.37. The molecule has 21 heavy (non-hydrogen) atoms.